The van der Waals surface area contributed by atoms with Gasteiger partial charge in [0, 0.05) is 0 Å². The van der Waals surface area contributed by atoms with Crippen molar-refractivity contribution < 1.29 is 23.0 Å². The van der Waals surface area contributed by atoms with Crippen molar-refractivity contribution in [1.29, 1.82) is 0 Å². The van der Waals surface area contributed by atoms with Gasteiger partial charge in [-0.25, -0.2) is 4.81 Å². The topological polar surface area (TPSA) is 69.9 Å². The number of hydrogen-bond acceptors (Lipinski definition) is 4. The van der Waals surface area contributed by atoms with E-state index in [1.54, 1.807) is 0 Å². The predicted molar refractivity (Wildman–Crippen MR) is 21.9 cm³/mol. The van der Waals surface area contributed by atoms with Crippen LogP contribution in [0.3, 0.4) is 0 Å². The van der Waals surface area contributed by atoms with Crippen LogP contribution in [0.2, 0.25) is 0 Å². The molecule has 0 aliphatic rings. The summed E-state index contributed by atoms with van der Waals surface area (Å²) in [6, 6.07) is 0. The largest absolute Gasteiger partial charge is 2.00 e. The minimum absolute atomic E-state index is 0. The Bertz CT molecular complexity index is 28.0. The molecule has 0 spiro atoms. The fourth-order valence-electron chi connectivity index (χ4n) is 0. The van der Waals surface area contributed by atoms with Crippen LogP contribution in [0, 0.1) is 0 Å². The third-order valence-corrected chi connectivity index (χ3v) is 0.0943. The first-order valence-electron chi connectivity index (χ1n) is 0.935. The Morgan fingerprint density at radius 3 is 1.67 bits per heavy atom. The van der Waals surface area contributed by atoms with E-state index in [0.29, 0.717) is 0 Å². The Labute approximate surface area is 78.3 Å². The minimum Gasteiger partial charge on any atom is -1.00 e. The Kier molecular flexibility index (Phi) is 11.3. The second-order valence-electron chi connectivity index (χ2n) is 0.432. The fourth-order valence-corrected chi connectivity index (χ4v) is 0. The second kappa shape index (κ2) is 6.48. The van der Waals surface area contributed by atoms with Crippen molar-refractivity contribution in [3.05, 3.63) is 0 Å². The van der Waals surface area contributed by atoms with Crippen molar-refractivity contribution in [3.63, 3.8) is 0 Å². The van der Waals surface area contributed by atoms with Gasteiger partial charge in [0.15, 0.2) is 0 Å². The Hall–Kier alpha value is 1.48. The van der Waals surface area contributed by atoms with Gasteiger partial charge in [-0.05, 0) is 0 Å². The van der Waals surface area contributed by atoms with Gasteiger partial charge in [-0.3, -0.25) is 5.26 Å². The molecule has 0 heterocycles. The van der Waals surface area contributed by atoms with Crippen LogP contribution in [0.1, 0.15) is 2.85 Å². The van der Waals surface area contributed by atoms with E-state index in [4.69, 9.17) is 15.3 Å². The van der Waals surface area contributed by atoms with Crippen LogP contribution < -0.4 is 0 Å². The third kappa shape index (κ3) is 9.08. The summed E-state index contributed by atoms with van der Waals surface area (Å²) in [5, 5.41) is 22.0. The monoisotopic (exact) mass is 218 g/mol. The molecule has 3 N–H and O–H groups in total. The molecule has 0 bridgehead atoms. The number of hydrogen-bond donors (Lipinski definition) is 3. The van der Waals surface area contributed by atoms with Crippen LogP contribution >= 0.6 is 0 Å². The zero-order valence-electron chi connectivity index (χ0n) is 5.03. The summed E-state index contributed by atoms with van der Waals surface area (Å²) in [5.74, 6) is 0. The van der Waals surface area contributed by atoms with Gasteiger partial charge < -0.3 is 12.9 Å². The zero-order valence-corrected chi connectivity index (χ0v) is 7.48. The smallest absolute Gasteiger partial charge is 1.00 e. The molecule has 0 rings (SSSR count). The summed E-state index contributed by atoms with van der Waals surface area (Å²) < 4.78 is 0. The molecule has 0 fully saturated rings. The SMILES string of the molecule is OOB(O)O.[Ba+2].[H-].[H-]. The molecule has 6 heteroatoms. The van der Waals surface area contributed by atoms with E-state index in [0.717, 1.165) is 0 Å². The van der Waals surface area contributed by atoms with Gasteiger partial charge in [0.2, 0.25) is 0 Å². The number of rotatable bonds is 1. The van der Waals surface area contributed by atoms with Crippen LogP contribution in [0.15, 0.2) is 0 Å². The van der Waals surface area contributed by atoms with E-state index in [9.17, 15) is 0 Å². The molecule has 0 saturated carbocycles. The minimum atomic E-state index is -2.06. The van der Waals surface area contributed by atoms with E-state index >= 15 is 0 Å². The summed E-state index contributed by atoms with van der Waals surface area (Å²) in [6.45, 7) is 0. The summed E-state index contributed by atoms with van der Waals surface area (Å²) >= 11 is 0. The third-order valence-electron chi connectivity index (χ3n) is 0.0943. The second-order valence-corrected chi connectivity index (χ2v) is 0.432. The maximum atomic E-state index is 7.44. The van der Waals surface area contributed by atoms with Crippen LogP contribution in [0.4, 0.5) is 0 Å². The molecule has 0 aromatic rings. The molecule has 0 unspecified atom stereocenters. The quantitative estimate of drug-likeness (QED) is 0.278. The Balaban J connectivity index is -0.0000000267. The van der Waals surface area contributed by atoms with Crippen LogP contribution in [0.5, 0.6) is 0 Å². The summed E-state index contributed by atoms with van der Waals surface area (Å²) in [7, 11) is -2.06. The van der Waals surface area contributed by atoms with Gasteiger partial charge >= 0.3 is 56.2 Å². The van der Waals surface area contributed by atoms with Crippen LogP contribution in [-0.2, 0) is 4.81 Å². The standard InChI is InChI=1S/BH3O4.Ba.2H/c2-1(3)5-4;;;/h2-4H;;;/q;+2;2*-1. The molecule has 0 amide bonds. The molecule has 4 nitrogen and oxygen atoms in total. The van der Waals surface area contributed by atoms with Crippen molar-refractivity contribution in [3.8, 4) is 0 Å². The molecule has 34 valence electrons. The van der Waals surface area contributed by atoms with Crippen molar-refractivity contribution in [1.82, 2.24) is 0 Å². The van der Waals surface area contributed by atoms with Crippen molar-refractivity contribution in [2.24, 2.45) is 0 Å². The van der Waals surface area contributed by atoms with Crippen molar-refractivity contribution in [2.75, 3.05) is 0 Å². The maximum absolute atomic E-state index is 7.44. The van der Waals surface area contributed by atoms with E-state index in [1.807, 2.05) is 0 Å². The average molecular weight is 217 g/mol. The molecule has 0 aliphatic heterocycles. The molecule has 0 atom stereocenters. The predicted octanol–water partition coefficient (Wildman–Crippen LogP) is -1.71. The van der Waals surface area contributed by atoms with Gasteiger partial charge in [0.25, 0.3) is 0 Å². The molecule has 0 aromatic carbocycles. The molecule has 6 heavy (non-hydrogen) atoms. The summed E-state index contributed by atoms with van der Waals surface area (Å²) in [6.07, 6.45) is 0. The van der Waals surface area contributed by atoms with E-state index in [-0.39, 0.29) is 51.7 Å². The maximum Gasteiger partial charge on any atom is 2.00 e. The first-order chi connectivity index (χ1) is 2.27. The molecular formula is H5BBaO4. The van der Waals surface area contributed by atoms with Gasteiger partial charge in [-0.1, -0.05) is 0 Å². The molecule has 0 aromatic heterocycles. The fraction of sp³-hybridized carbons (Fsp3) is 0. The van der Waals surface area contributed by atoms with E-state index in [2.05, 4.69) is 4.81 Å². The molecule has 0 aliphatic carbocycles. The average Bonchev–Trinajstić information content (AvgIpc) is 1.38. The van der Waals surface area contributed by atoms with E-state index < -0.39 is 7.32 Å². The Morgan fingerprint density at radius 1 is 1.50 bits per heavy atom. The molecule has 0 saturated heterocycles. The van der Waals surface area contributed by atoms with Gasteiger partial charge in [-0.15, -0.1) is 0 Å². The van der Waals surface area contributed by atoms with Crippen molar-refractivity contribution in [2.45, 2.75) is 0 Å². The van der Waals surface area contributed by atoms with Crippen molar-refractivity contribution >= 4 is 56.2 Å². The van der Waals surface area contributed by atoms with Gasteiger partial charge in [0.1, 0.15) is 0 Å². The van der Waals surface area contributed by atoms with Gasteiger partial charge in [0.05, 0.1) is 0 Å². The van der Waals surface area contributed by atoms with Crippen LogP contribution in [0.25, 0.3) is 0 Å². The normalized spacial score (nSPS) is 6.50. The van der Waals surface area contributed by atoms with E-state index in [1.165, 1.54) is 0 Å². The first-order valence-corrected chi connectivity index (χ1v) is 0.935. The Morgan fingerprint density at radius 2 is 1.67 bits per heavy atom. The molecular weight excluding hydrogens is 212 g/mol. The zero-order chi connectivity index (χ0) is 4.28. The summed E-state index contributed by atoms with van der Waals surface area (Å²) in [5.41, 5.74) is 0. The van der Waals surface area contributed by atoms with Gasteiger partial charge in [-0.2, -0.15) is 0 Å². The molecule has 0 radical (unpaired) electrons. The summed E-state index contributed by atoms with van der Waals surface area (Å²) in [4.78, 5) is 2.86. The first kappa shape index (κ1) is 10.5. The van der Waals surface area contributed by atoms with Crippen LogP contribution in [-0.4, -0.2) is 71.5 Å².